The van der Waals surface area contributed by atoms with Crippen molar-refractivity contribution in [2.24, 2.45) is 0 Å². The van der Waals surface area contributed by atoms with Crippen LogP contribution in [0.1, 0.15) is 26.7 Å². The van der Waals surface area contributed by atoms with Crippen molar-refractivity contribution in [1.29, 1.82) is 0 Å². The van der Waals surface area contributed by atoms with Crippen molar-refractivity contribution < 1.29 is 9.47 Å². The second-order valence-corrected chi connectivity index (χ2v) is 4.58. The van der Waals surface area contributed by atoms with E-state index in [1.807, 2.05) is 6.07 Å². The lowest BCUT2D eigenvalue weighted by Gasteiger charge is -2.24. The Balaban J connectivity index is 2.00. The molecule has 1 N–H and O–H groups in total. The lowest BCUT2D eigenvalue weighted by molar-refractivity contribution is 0.185. The molecule has 0 aliphatic carbocycles. The fourth-order valence-electron chi connectivity index (χ4n) is 1.77. The summed E-state index contributed by atoms with van der Waals surface area (Å²) in [6.07, 6.45) is 3.48. The first kappa shape index (κ1) is 12.1. The fourth-order valence-corrected chi connectivity index (χ4v) is 1.77. The van der Waals surface area contributed by atoms with E-state index in [0.717, 1.165) is 25.3 Å². The summed E-state index contributed by atoms with van der Waals surface area (Å²) in [5.74, 6) is 1.41. The van der Waals surface area contributed by atoms with Crippen molar-refractivity contribution in [3.05, 3.63) is 12.4 Å². The first-order valence-electron chi connectivity index (χ1n) is 6.03. The summed E-state index contributed by atoms with van der Waals surface area (Å²) in [7, 11) is 0. The molecule has 2 heterocycles. The van der Waals surface area contributed by atoms with Crippen LogP contribution in [0.2, 0.25) is 0 Å². The molecule has 1 aromatic rings. The highest BCUT2D eigenvalue weighted by Crippen LogP contribution is 2.23. The molecule has 1 aliphatic heterocycles. The summed E-state index contributed by atoms with van der Waals surface area (Å²) in [5.41, 5.74) is -0.0314. The lowest BCUT2D eigenvalue weighted by Crippen LogP contribution is -2.35. The van der Waals surface area contributed by atoms with E-state index >= 15 is 0 Å². The topological polar surface area (TPSA) is 56.3 Å². The zero-order valence-electron chi connectivity index (χ0n) is 10.4. The van der Waals surface area contributed by atoms with Gasteiger partial charge in [-0.1, -0.05) is 6.92 Å². The average Bonchev–Trinajstić information content (AvgIpc) is 2.73. The molecule has 0 saturated carbocycles. The molecule has 1 unspecified atom stereocenters. The van der Waals surface area contributed by atoms with Gasteiger partial charge in [0.25, 0.3) is 0 Å². The van der Waals surface area contributed by atoms with E-state index in [-0.39, 0.29) is 5.54 Å². The molecule has 1 fully saturated rings. The van der Waals surface area contributed by atoms with Gasteiger partial charge in [0.1, 0.15) is 12.1 Å². The molecule has 2 rings (SSSR count). The molecule has 1 aromatic heterocycles. The van der Waals surface area contributed by atoms with Crippen LogP contribution in [0.5, 0.6) is 5.88 Å². The minimum Gasteiger partial charge on any atom is -0.478 e. The highest BCUT2D eigenvalue weighted by Gasteiger charge is 2.29. The highest BCUT2D eigenvalue weighted by molar-refractivity contribution is 5.40. The maximum Gasteiger partial charge on any atom is 0.218 e. The van der Waals surface area contributed by atoms with E-state index in [0.29, 0.717) is 19.1 Å². The van der Waals surface area contributed by atoms with Gasteiger partial charge in [0.05, 0.1) is 18.8 Å². The Morgan fingerprint density at radius 1 is 1.53 bits per heavy atom. The van der Waals surface area contributed by atoms with Crippen LogP contribution >= 0.6 is 0 Å². The van der Waals surface area contributed by atoms with Crippen molar-refractivity contribution in [2.75, 3.05) is 25.1 Å². The number of aromatic nitrogens is 2. The number of hydrogen-bond acceptors (Lipinski definition) is 5. The molecule has 5 heteroatoms. The zero-order chi connectivity index (χ0) is 12.1. The average molecular weight is 237 g/mol. The molecule has 0 aromatic carbocycles. The third-order valence-electron chi connectivity index (χ3n) is 2.74. The minimum absolute atomic E-state index is 0.0314. The largest absolute Gasteiger partial charge is 0.478 e. The third-order valence-corrected chi connectivity index (χ3v) is 2.74. The van der Waals surface area contributed by atoms with Crippen molar-refractivity contribution in [3.63, 3.8) is 0 Å². The van der Waals surface area contributed by atoms with Gasteiger partial charge in [0.2, 0.25) is 5.88 Å². The number of nitrogens with one attached hydrogen (secondary N) is 1. The highest BCUT2D eigenvalue weighted by atomic mass is 16.5. The predicted octanol–water partition coefficient (Wildman–Crippen LogP) is 1.86. The van der Waals surface area contributed by atoms with Gasteiger partial charge in [-0.3, -0.25) is 0 Å². The van der Waals surface area contributed by atoms with Crippen molar-refractivity contribution >= 4 is 5.82 Å². The Hall–Kier alpha value is -1.36. The van der Waals surface area contributed by atoms with Gasteiger partial charge in [-0.15, -0.1) is 0 Å². The molecular formula is C12H19N3O2. The molecule has 1 atom stereocenters. The van der Waals surface area contributed by atoms with Gasteiger partial charge in [-0.25, -0.2) is 9.97 Å². The van der Waals surface area contributed by atoms with E-state index in [9.17, 15) is 0 Å². The lowest BCUT2D eigenvalue weighted by atomic mass is 10.0. The molecule has 0 radical (unpaired) electrons. The van der Waals surface area contributed by atoms with E-state index in [1.54, 1.807) is 0 Å². The number of rotatable bonds is 5. The van der Waals surface area contributed by atoms with Crippen LogP contribution < -0.4 is 10.1 Å². The van der Waals surface area contributed by atoms with Crippen molar-refractivity contribution in [2.45, 2.75) is 32.2 Å². The van der Waals surface area contributed by atoms with Gasteiger partial charge in [0.15, 0.2) is 0 Å². The Morgan fingerprint density at radius 2 is 2.41 bits per heavy atom. The number of nitrogens with zero attached hydrogens (tertiary/aromatic N) is 2. The Labute approximate surface area is 102 Å². The molecular weight excluding hydrogens is 218 g/mol. The van der Waals surface area contributed by atoms with Gasteiger partial charge in [-0.2, -0.15) is 0 Å². The van der Waals surface area contributed by atoms with E-state index in [4.69, 9.17) is 9.47 Å². The summed E-state index contributed by atoms with van der Waals surface area (Å²) in [4.78, 5) is 8.27. The van der Waals surface area contributed by atoms with Crippen molar-refractivity contribution in [1.82, 2.24) is 9.97 Å². The van der Waals surface area contributed by atoms with Gasteiger partial charge >= 0.3 is 0 Å². The van der Waals surface area contributed by atoms with Gasteiger partial charge < -0.3 is 14.8 Å². The normalized spacial score (nSPS) is 23.6. The molecule has 17 heavy (non-hydrogen) atoms. The fraction of sp³-hybridized carbons (Fsp3) is 0.667. The second kappa shape index (κ2) is 5.31. The van der Waals surface area contributed by atoms with Crippen LogP contribution in [0.3, 0.4) is 0 Å². The predicted molar refractivity (Wildman–Crippen MR) is 65.3 cm³/mol. The summed E-state index contributed by atoms with van der Waals surface area (Å²) in [6, 6.07) is 1.83. The maximum absolute atomic E-state index is 5.47. The van der Waals surface area contributed by atoms with Crippen LogP contribution in [-0.2, 0) is 4.74 Å². The number of anilines is 1. The minimum atomic E-state index is -0.0314. The van der Waals surface area contributed by atoms with E-state index in [1.165, 1.54) is 6.33 Å². The van der Waals surface area contributed by atoms with E-state index in [2.05, 4.69) is 29.1 Å². The van der Waals surface area contributed by atoms with Crippen LogP contribution in [0.25, 0.3) is 0 Å². The Morgan fingerprint density at radius 3 is 3.12 bits per heavy atom. The van der Waals surface area contributed by atoms with Crippen LogP contribution in [0, 0.1) is 0 Å². The quantitative estimate of drug-likeness (QED) is 0.847. The van der Waals surface area contributed by atoms with Gasteiger partial charge in [-0.05, 0) is 19.8 Å². The first-order valence-corrected chi connectivity index (χ1v) is 6.03. The van der Waals surface area contributed by atoms with Gasteiger partial charge in [0, 0.05) is 12.7 Å². The molecule has 0 spiro atoms. The SMILES string of the molecule is CCCOc1cc(NC2(C)CCOC2)ncn1. The van der Waals surface area contributed by atoms with E-state index < -0.39 is 0 Å². The van der Waals surface area contributed by atoms with Crippen LogP contribution in [0.4, 0.5) is 5.82 Å². The smallest absolute Gasteiger partial charge is 0.218 e. The molecule has 1 saturated heterocycles. The second-order valence-electron chi connectivity index (χ2n) is 4.58. The summed E-state index contributed by atoms with van der Waals surface area (Å²) < 4.78 is 10.9. The van der Waals surface area contributed by atoms with Crippen LogP contribution in [0.15, 0.2) is 12.4 Å². The summed E-state index contributed by atoms with van der Waals surface area (Å²) in [5, 5.41) is 3.38. The molecule has 94 valence electrons. The van der Waals surface area contributed by atoms with Crippen LogP contribution in [-0.4, -0.2) is 35.3 Å². The Kier molecular flexibility index (Phi) is 3.78. The molecule has 0 amide bonds. The van der Waals surface area contributed by atoms with Crippen molar-refractivity contribution in [3.8, 4) is 5.88 Å². The first-order chi connectivity index (χ1) is 8.22. The monoisotopic (exact) mass is 237 g/mol. The number of ether oxygens (including phenoxy) is 2. The number of hydrogen-bond donors (Lipinski definition) is 1. The summed E-state index contributed by atoms with van der Waals surface area (Å²) >= 11 is 0. The molecule has 5 nitrogen and oxygen atoms in total. The third kappa shape index (κ3) is 3.30. The maximum atomic E-state index is 5.47. The molecule has 0 bridgehead atoms. The zero-order valence-corrected chi connectivity index (χ0v) is 10.4. The Bertz CT molecular complexity index is 365. The summed E-state index contributed by atoms with van der Waals surface area (Å²) in [6.45, 7) is 6.39. The molecule has 1 aliphatic rings. The standard InChI is InChI=1S/C12H19N3O2/c1-3-5-17-11-7-10(13-9-14-11)15-12(2)4-6-16-8-12/h7,9H,3-6,8H2,1-2H3,(H,13,14,15).